The Morgan fingerprint density at radius 3 is 2.93 bits per heavy atom. The topological polar surface area (TPSA) is 50.4 Å². The third kappa shape index (κ3) is 4.30. The largest absolute Gasteiger partial charge is 0.370 e. The number of nitrogens with zero attached hydrogens (tertiary/aromatic N) is 1. The molecular weight excluding hydrogens is 174 g/mol. The van der Waals surface area contributed by atoms with Crippen molar-refractivity contribution in [1.82, 2.24) is 5.32 Å². The number of rotatable bonds is 3. The number of nitrogens with one attached hydrogen (secondary N) is 1. The molecule has 0 saturated carbocycles. The summed E-state index contributed by atoms with van der Waals surface area (Å²) < 4.78 is 0. The standard InChI is InChI=1S/C11H21N3/c1-9(2)8-13-11(12)14-10-6-4-3-5-7-10/h3-4,9-10H,5-8H2,1-2H3,(H3,12,13,14). The third-order valence-corrected chi connectivity index (χ3v) is 2.25. The molecule has 0 aromatic heterocycles. The van der Waals surface area contributed by atoms with Crippen LogP contribution in [0, 0.1) is 5.92 Å². The van der Waals surface area contributed by atoms with Crippen molar-refractivity contribution < 1.29 is 0 Å². The molecule has 80 valence electrons. The molecular formula is C11H21N3. The summed E-state index contributed by atoms with van der Waals surface area (Å²) in [6.07, 6.45) is 7.80. The molecule has 0 saturated heterocycles. The van der Waals surface area contributed by atoms with E-state index in [1.54, 1.807) is 0 Å². The molecule has 0 heterocycles. The maximum Gasteiger partial charge on any atom is 0.188 e. The molecule has 1 aliphatic rings. The summed E-state index contributed by atoms with van der Waals surface area (Å²) in [5.41, 5.74) is 5.77. The van der Waals surface area contributed by atoms with E-state index >= 15 is 0 Å². The van der Waals surface area contributed by atoms with Gasteiger partial charge in [-0.05, 0) is 25.2 Å². The zero-order valence-corrected chi connectivity index (χ0v) is 9.16. The minimum Gasteiger partial charge on any atom is -0.370 e. The molecule has 14 heavy (non-hydrogen) atoms. The highest BCUT2D eigenvalue weighted by atomic mass is 15.1. The van der Waals surface area contributed by atoms with Crippen LogP contribution >= 0.6 is 0 Å². The van der Waals surface area contributed by atoms with Crippen LogP contribution in [0.2, 0.25) is 0 Å². The van der Waals surface area contributed by atoms with E-state index in [4.69, 9.17) is 5.73 Å². The Hall–Kier alpha value is -0.990. The first-order chi connectivity index (χ1) is 6.68. The van der Waals surface area contributed by atoms with E-state index in [0.29, 0.717) is 17.9 Å². The molecule has 1 unspecified atom stereocenters. The Balaban J connectivity index is 2.28. The number of hydrogen-bond acceptors (Lipinski definition) is 1. The van der Waals surface area contributed by atoms with Gasteiger partial charge in [0.1, 0.15) is 0 Å². The van der Waals surface area contributed by atoms with Crippen LogP contribution in [-0.4, -0.2) is 18.5 Å². The van der Waals surface area contributed by atoms with Crippen molar-refractivity contribution in [3.63, 3.8) is 0 Å². The minimum absolute atomic E-state index is 0.482. The Labute approximate surface area is 86.5 Å². The summed E-state index contributed by atoms with van der Waals surface area (Å²) in [6, 6.07) is 0.482. The summed E-state index contributed by atoms with van der Waals surface area (Å²) in [7, 11) is 0. The van der Waals surface area contributed by atoms with Gasteiger partial charge in [0.2, 0.25) is 0 Å². The summed E-state index contributed by atoms with van der Waals surface area (Å²) in [5, 5.41) is 3.25. The maximum atomic E-state index is 5.77. The van der Waals surface area contributed by atoms with Crippen molar-refractivity contribution in [2.45, 2.75) is 39.2 Å². The number of allylic oxidation sites excluding steroid dienone is 1. The van der Waals surface area contributed by atoms with Crippen LogP contribution < -0.4 is 11.1 Å². The molecule has 0 fully saturated rings. The highest BCUT2D eigenvalue weighted by molar-refractivity contribution is 5.78. The van der Waals surface area contributed by atoms with E-state index < -0.39 is 0 Å². The highest BCUT2D eigenvalue weighted by Gasteiger charge is 2.09. The van der Waals surface area contributed by atoms with Crippen molar-refractivity contribution >= 4 is 5.96 Å². The van der Waals surface area contributed by atoms with Crippen molar-refractivity contribution in [2.24, 2.45) is 16.6 Å². The lowest BCUT2D eigenvalue weighted by Gasteiger charge is -2.19. The Bertz CT molecular complexity index is 219. The summed E-state index contributed by atoms with van der Waals surface area (Å²) in [5.74, 6) is 1.17. The normalized spacial score (nSPS) is 22.8. The van der Waals surface area contributed by atoms with E-state index in [9.17, 15) is 0 Å². The van der Waals surface area contributed by atoms with Crippen LogP contribution in [-0.2, 0) is 0 Å². The molecule has 3 nitrogen and oxygen atoms in total. The van der Waals surface area contributed by atoms with Crippen LogP contribution in [0.15, 0.2) is 17.1 Å². The predicted octanol–water partition coefficient (Wildman–Crippen LogP) is 1.66. The molecule has 0 aromatic rings. The van der Waals surface area contributed by atoms with Gasteiger partial charge in [0.15, 0.2) is 5.96 Å². The Kier molecular flexibility index (Phi) is 4.50. The number of aliphatic imine (C=N–C) groups is 1. The molecule has 0 radical (unpaired) electrons. The van der Waals surface area contributed by atoms with Crippen molar-refractivity contribution in [1.29, 1.82) is 0 Å². The summed E-state index contributed by atoms with van der Waals surface area (Å²) in [4.78, 5) is 4.28. The van der Waals surface area contributed by atoms with Gasteiger partial charge in [0.25, 0.3) is 0 Å². The van der Waals surface area contributed by atoms with Gasteiger partial charge in [0, 0.05) is 12.6 Å². The second kappa shape index (κ2) is 5.68. The van der Waals surface area contributed by atoms with Gasteiger partial charge in [-0.15, -0.1) is 0 Å². The van der Waals surface area contributed by atoms with Gasteiger partial charge < -0.3 is 11.1 Å². The lowest BCUT2D eigenvalue weighted by Crippen LogP contribution is -2.40. The van der Waals surface area contributed by atoms with Gasteiger partial charge in [-0.1, -0.05) is 26.0 Å². The van der Waals surface area contributed by atoms with Gasteiger partial charge in [-0.3, -0.25) is 4.99 Å². The fourth-order valence-corrected chi connectivity index (χ4v) is 1.46. The quantitative estimate of drug-likeness (QED) is 0.409. The van der Waals surface area contributed by atoms with E-state index in [1.165, 1.54) is 0 Å². The Morgan fingerprint density at radius 2 is 2.36 bits per heavy atom. The molecule has 1 aliphatic carbocycles. The summed E-state index contributed by atoms with van der Waals surface area (Å²) in [6.45, 7) is 5.08. The van der Waals surface area contributed by atoms with E-state index in [-0.39, 0.29) is 0 Å². The average Bonchev–Trinajstić information content (AvgIpc) is 2.16. The van der Waals surface area contributed by atoms with Gasteiger partial charge >= 0.3 is 0 Å². The molecule has 0 bridgehead atoms. The van der Waals surface area contributed by atoms with Crippen molar-refractivity contribution in [3.05, 3.63) is 12.2 Å². The molecule has 1 rings (SSSR count). The van der Waals surface area contributed by atoms with Crippen LogP contribution in [0.3, 0.4) is 0 Å². The Morgan fingerprint density at radius 1 is 1.57 bits per heavy atom. The monoisotopic (exact) mass is 195 g/mol. The van der Waals surface area contributed by atoms with Gasteiger partial charge in [-0.2, -0.15) is 0 Å². The first-order valence-electron chi connectivity index (χ1n) is 5.40. The van der Waals surface area contributed by atoms with Crippen molar-refractivity contribution in [3.8, 4) is 0 Å². The number of hydrogen-bond donors (Lipinski definition) is 2. The predicted molar refractivity (Wildman–Crippen MR) is 61.2 cm³/mol. The van der Waals surface area contributed by atoms with Crippen molar-refractivity contribution in [2.75, 3.05) is 6.54 Å². The van der Waals surface area contributed by atoms with Crippen LogP contribution in [0.1, 0.15) is 33.1 Å². The molecule has 1 atom stereocenters. The second-order valence-electron chi connectivity index (χ2n) is 4.25. The van der Waals surface area contributed by atoms with Crippen LogP contribution in [0.4, 0.5) is 0 Å². The smallest absolute Gasteiger partial charge is 0.188 e. The van der Waals surface area contributed by atoms with E-state index in [0.717, 1.165) is 25.8 Å². The van der Waals surface area contributed by atoms with Gasteiger partial charge in [0.05, 0.1) is 0 Å². The highest BCUT2D eigenvalue weighted by Crippen LogP contribution is 2.09. The van der Waals surface area contributed by atoms with E-state index in [1.807, 2.05) is 0 Å². The second-order valence-corrected chi connectivity index (χ2v) is 4.25. The third-order valence-electron chi connectivity index (χ3n) is 2.25. The zero-order valence-electron chi connectivity index (χ0n) is 9.16. The molecule has 0 aliphatic heterocycles. The first kappa shape index (κ1) is 11.1. The lowest BCUT2D eigenvalue weighted by molar-refractivity contribution is 0.548. The fraction of sp³-hybridized carbons (Fsp3) is 0.727. The van der Waals surface area contributed by atoms with E-state index in [2.05, 4.69) is 36.3 Å². The molecule has 3 heteroatoms. The first-order valence-corrected chi connectivity index (χ1v) is 5.40. The van der Waals surface area contributed by atoms with Crippen LogP contribution in [0.5, 0.6) is 0 Å². The maximum absolute atomic E-state index is 5.77. The molecule has 0 aromatic carbocycles. The number of nitrogens with two attached hydrogens (primary N) is 1. The lowest BCUT2D eigenvalue weighted by atomic mass is 10.0. The summed E-state index contributed by atoms with van der Waals surface area (Å²) >= 11 is 0. The zero-order chi connectivity index (χ0) is 10.4. The minimum atomic E-state index is 0.482. The number of guanidine groups is 1. The fourth-order valence-electron chi connectivity index (χ4n) is 1.46. The molecule has 3 N–H and O–H groups in total. The average molecular weight is 195 g/mol. The van der Waals surface area contributed by atoms with Crippen LogP contribution in [0.25, 0.3) is 0 Å². The molecule has 0 amide bonds. The SMILES string of the molecule is CC(C)CN=C(N)NC1CC=CCC1. The molecule has 0 spiro atoms. The van der Waals surface area contributed by atoms with Gasteiger partial charge in [-0.25, -0.2) is 0 Å².